The molecule has 1 amide bonds. The zero-order valence-corrected chi connectivity index (χ0v) is 8.90. The third-order valence-corrected chi connectivity index (χ3v) is 2.27. The Hall–Kier alpha value is -0.780. The van der Waals surface area contributed by atoms with Crippen LogP contribution in [0.1, 0.15) is 26.7 Å². The van der Waals surface area contributed by atoms with Crippen molar-refractivity contribution in [1.29, 1.82) is 0 Å². The van der Waals surface area contributed by atoms with Crippen molar-refractivity contribution in [3.63, 3.8) is 0 Å². The molecular formula is C9H17F3N2O. The summed E-state index contributed by atoms with van der Waals surface area (Å²) in [5.74, 6) is -0.551. The molecule has 0 aromatic heterocycles. The van der Waals surface area contributed by atoms with Crippen LogP contribution in [-0.2, 0) is 4.79 Å². The third kappa shape index (κ3) is 6.33. The quantitative estimate of drug-likeness (QED) is 0.745. The maximum atomic E-state index is 11.7. The van der Waals surface area contributed by atoms with E-state index in [1.54, 1.807) is 6.92 Å². The number of nitrogens with two attached hydrogens (primary N) is 1. The van der Waals surface area contributed by atoms with E-state index < -0.39 is 31.1 Å². The van der Waals surface area contributed by atoms with Gasteiger partial charge in [-0.05, 0) is 5.92 Å². The average molecular weight is 226 g/mol. The van der Waals surface area contributed by atoms with Gasteiger partial charge in [0.2, 0.25) is 5.91 Å². The average Bonchev–Trinajstić information content (AvgIpc) is 2.13. The molecule has 0 aromatic rings. The summed E-state index contributed by atoms with van der Waals surface area (Å²) in [6, 6.07) is -0.733. The summed E-state index contributed by atoms with van der Waals surface area (Å²) in [5.41, 5.74) is 5.53. The molecule has 0 radical (unpaired) electrons. The van der Waals surface area contributed by atoms with Crippen LogP contribution in [0.2, 0.25) is 0 Å². The van der Waals surface area contributed by atoms with Gasteiger partial charge in [0.05, 0.1) is 12.5 Å². The van der Waals surface area contributed by atoms with E-state index in [4.69, 9.17) is 5.73 Å². The lowest BCUT2D eigenvalue weighted by Crippen LogP contribution is -2.45. The van der Waals surface area contributed by atoms with Gasteiger partial charge < -0.3 is 11.1 Å². The highest BCUT2D eigenvalue weighted by atomic mass is 19.4. The van der Waals surface area contributed by atoms with Gasteiger partial charge in [0.25, 0.3) is 0 Å². The smallest absolute Gasteiger partial charge is 0.354 e. The molecule has 0 heterocycles. The van der Waals surface area contributed by atoms with Crippen LogP contribution in [0.4, 0.5) is 13.2 Å². The van der Waals surface area contributed by atoms with Crippen molar-refractivity contribution in [2.75, 3.05) is 6.54 Å². The molecule has 2 atom stereocenters. The van der Waals surface area contributed by atoms with Crippen molar-refractivity contribution in [3.05, 3.63) is 0 Å². The van der Waals surface area contributed by atoms with Crippen LogP contribution in [0.5, 0.6) is 0 Å². The molecule has 0 aliphatic carbocycles. The molecule has 3 nitrogen and oxygen atoms in total. The number of halogens is 3. The minimum Gasteiger partial charge on any atom is -0.354 e. The zero-order valence-electron chi connectivity index (χ0n) is 8.90. The van der Waals surface area contributed by atoms with Crippen molar-refractivity contribution in [3.8, 4) is 0 Å². The van der Waals surface area contributed by atoms with E-state index in [1.807, 2.05) is 6.92 Å². The topological polar surface area (TPSA) is 55.1 Å². The van der Waals surface area contributed by atoms with E-state index in [2.05, 4.69) is 5.32 Å². The van der Waals surface area contributed by atoms with E-state index in [-0.39, 0.29) is 5.92 Å². The fraction of sp³-hybridized carbons (Fsp3) is 0.889. The molecule has 0 bridgehead atoms. The Morgan fingerprint density at radius 3 is 2.40 bits per heavy atom. The number of hydrogen-bond donors (Lipinski definition) is 2. The van der Waals surface area contributed by atoms with Crippen LogP contribution in [0.25, 0.3) is 0 Å². The standard InChI is InChI=1S/C9H17F3N2O/c1-3-6(2)7(13)8(15)14-5-4-9(10,11)12/h6-7H,3-5,13H2,1-2H3,(H,14,15)/t6-,7-/m0/s1. The molecule has 0 rings (SSSR count). The maximum Gasteiger partial charge on any atom is 0.390 e. The molecule has 3 N–H and O–H groups in total. The summed E-state index contributed by atoms with van der Waals surface area (Å²) in [6.07, 6.45) is -4.55. The van der Waals surface area contributed by atoms with Crippen molar-refractivity contribution in [1.82, 2.24) is 5.32 Å². The minimum atomic E-state index is -4.24. The van der Waals surface area contributed by atoms with Gasteiger partial charge in [-0.1, -0.05) is 20.3 Å². The van der Waals surface area contributed by atoms with Crippen LogP contribution in [0.3, 0.4) is 0 Å². The van der Waals surface area contributed by atoms with E-state index in [0.717, 1.165) is 0 Å². The lowest BCUT2D eigenvalue weighted by atomic mass is 9.99. The van der Waals surface area contributed by atoms with Crippen molar-refractivity contribution >= 4 is 5.91 Å². The highest BCUT2D eigenvalue weighted by Crippen LogP contribution is 2.18. The van der Waals surface area contributed by atoms with Crippen LogP contribution in [0, 0.1) is 5.92 Å². The Balaban J connectivity index is 3.84. The van der Waals surface area contributed by atoms with E-state index >= 15 is 0 Å². The van der Waals surface area contributed by atoms with Gasteiger partial charge in [0.1, 0.15) is 0 Å². The largest absolute Gasteiger partial charge is 0.390 e. The Kier molecular flexibility index (Phi) is 5.64. The number of carbonyl (C=O) groups excluding carboxylic acids is 1. The molecule has 0 aliphatic heterocycles. The molecule has 0 fully saturated rings. The number of rotatable bonds is 5. The number of nitrogens with one attached hydrogen (secondary N) is 1. The molecule has 0 spiro atoms. The van der Waals surface area contributed by atoms with Crippen molar-refractivity contribution < 1.29 is 18.0 Å². The SMILES string of the molecule is CC[C@H](C)[C@H](N)C(=O)NCCC(F)(F)F. The van der Waals surface area contributed by atoms with Gasteiger partial charge in [-0.2, -0.15) is 13.2 Å². The second kappa shape index (κ2) is 5.95. The van der Waals surface area contributed by atoms with Crippen LogP contribution in [0.15, 0.2) is 0 Å². The highest BCUT2D eigenvalue weighted by Gasteiger charge is 2.27. The second-order valence-corrected chi connectivity index (χ2v) is 3.57. The molecule has 0 saturated carbocycles. The van der Waals surface area contributed by atoms with Gasteiger partial charge in [0, 0.05) is 6.54 Å². The fourth-order valence-electron chi connectivity index (χ4n) is 0.958. The summed E-state index contributed by atoms with van der Waals surface area (Å²) in [7, 11) is 0. The number of carbonyl (C=O) groups is 1. The first-order valence-electron chi connectivity index (χ1n) is 4.88. The van der Waals surface area contributed by atoms with E-state index in [0.29, 0.717) is 6.42 Å². The van der Waals surface area contributed by atoms with E-state index in [1.165, 1.54) is 0 Å². The Morgan fingerprint density at radius 2 is 2.00 bits per heavy atom. The van der Waals surface area contributed by atoms with Crippen molar-refractivity contribution in [2.24, 2.45) is 11.7 Å². The molecule has 0 aliphatic rings. The molecule has 90 valence electrons. The van der Waals surface area contributed by atoms with Gasteiger partial charge in [0.15, 0.2) is 0 Å². The van der Waals surface area contributed by atoms with Gasteiger partial charge >= 0.3 is 6.18 Å². The Bertz CT molecular complexity index is 206. The van der Waals surface area contributed by atoms with Crippen molar-refractivity contribution in [2.45, 2.75) is 38.9 Å². The molecule has 0 unspecified atom stereocenters. The Labute approximate surface area is 87.2 Å². The Morgan fingerprint density at radius 1 is 1.47 bits per heavy atom. The molecule has 0 aromatic carbocycles. The predicted molar refractivity (Wildman–Crippen MR) is 51.1 cm³/mol. The van der Waals surface area contributed by atoms with Gasteiger partial charge in [-0.3, -0.25) is 4.79 Å². The first kappa shape index (κ1) is 14.2. The fourth-order valence-corrected chi connectivity index (χ4v) is 0.958. The first-order valence-corrected chi connectivity index (χ1v) is 4.88. The normalized spacial score (nSPS) is 15.9. The maximum absolute atomic E-state index is 11.7. The summed E-state index contributed by atoms with van der Waals surface area (Å²) in [6.45, 7) is 3.24. The lowest BCUT2D eigenvalue weighted by Gasteiger charge is -2.17. The molecule has 0 saturated heterocycles. The summed E-state index contributed by atoms with van der Waals surface area (Å²) < 4.78 is 35.2. The predicted octanol–water partition coefficient (Wildman–Crippen LogP) is 1.43. The number of alkyl halides is 3. The second-order valence-electron chi connectivity index (χ2n) is 3.57. The zero-order chi connectivity index (χ0) is 12.1. The first-order chi connectivity index (χ1) is 6.78. The van der Waals surface area contributed by atoms with Crippen LogP contribution in [-0.4, -0.2) is 24.7 Å². The van der Waals surface area contributed by atoms with Gasteiger partial charge in [-0.25, -0.2) is 0 Å². The van der Waals surface area contributed by atoms with Gasteiger partial charge in [-0.15, -0.1) is 0 Å². The van der Waals surface area contributed by atoms with E-state index in [9.17, 15) is 18.0 Å². The van der Waals surface area contributed by atoms with Crippen LogP contribution < -0.4 is 11.1 Å². The lowest BCUT2D eigenvalue weighted by molar-refractivity contribution is -0.136. The summed E-state index contributed by atoms with van der Waals surface area (Å²) in [4.78, 5) is 11.2. The molecule has 15 heavy (non-hydrogen) atoms. The number of hydrogen-bond acceptors (Lipinski definition) is 2. The molecule has 6 heteroatoms. The highest BCUT2D eigenvalue weighted by molar-refractivity contribution is 5.81. The summed E-state index contributed by atoms with van der Waals surface area (Å²) in [5, 5.41) is 2.17. The monoisotopic (exact) mass is 226 g/mol. The van der Waals surface area contributed by atoms with Crippen LogP contribution >= 0.6 is 0 Å². The summed E-state index contributed by atoms with van der Waals surface area (Å²) >= 11 is 0. The third-order valence-electron chi connectivity index (χ3n) is 2.27. The minimum absolute atomic E-state index is 0.0316. The number of amides is 1. The molecular weight excluding hydrogens is 209 g/mol.